The number of oxime groups is 1. The number of nitrogens with two attached hydrogens (primary N) is 1. The van der Waals surface area contributed by atoms with Crippen LogP contribution in [0.4, 0.5) is 5.82 Å². The van der Waals surface area contributed by atoms with Crippen molar-refractivity contribution in [3.8, 4) is 0 Å². The molecule has 1 fully saturated rings. The van der Waals surface area contributed by atoms with Gasteiger partial charge in [0.05, 0.1) is 17.9 Å². The summed E-state index contributed by atoms with van der Waals surface area (Å²) < 4.78 is 6.95. The van der Waals surface area contributed by atoms with Gasteiger partial charge in [0.15, 0.2) is 5.84 Å². The van der Waals surface area contributed by atoms with Crippen LogP contribution in [0.15, 0.2) is 5.16 Å². The lowest BCUT2D eigenvalue weighted by molar-refractivity contribution is 0.204. The predicted molar refractivity (Wildman–Crippen MR) is 72.7 cm³/mol. The highest BCUT2D eigenvalue weighted by molar-refractivity contribution is 6.02. The summed E-state index contributed by atoms with van der Waals surface area (Å²) in [5.41, 5.74) is 7.25. The number of aromatic nitrogens is 2. The predicted octanol–water partition coefficient (Wildman–Crippen LogP) is 0.438. The zero-order chi connectivity index (χ0) is 14.0. The lowest BCUT2D eigenvalue weighted by Gasteiger charge is -2.25. The number of aryl methyl sites for hydroxylation is 2. The van der Waals surface area contributed by atoms with Gasteiger partial charge in [0.1, 0.15) is 5.82 Å². The molecule has 0 aliphatic heterocycles. The van der Waals surface area contributed by atoms with Crippen LogP contribution in [0, 0.1) is 6.92 Å². The van der Waals surface area contributed by atoms with Crippen LogP contribution in [0.5, 0.6) is 0 Å². The second-order valence-electron chi connectivity index (χ2n) is 4.81. The normalized spacial score (nSPS) is 15.8. The highest BCUT2D eigenvalue weighted by Crippen LogP contribution is 2.34. The molecular weight excluding hydrogens is 246 g/mol. The van der Waals surface area contributed by atoms with Crippen LogP contribution in [0.25, 0.3) is 0 Å². The average Bonchev–Trinajstić information content (AvgIpc) is 3.16. The molecule has 0 unspecified atom stereocenters. The molecule has 7 heteroatoms. The van der Waals surface area contributed by atoms with Gasteiger partial charge in [-0.15, -0.1) is 0 Å². The summed E-state index contributed by atoms with van der Waals surface area (Å²) in [6.45, 7) is 3.26. The first-order valence-corrected chi connectivity index (χ1v) is 6.37. The summed E-state index contributed by atoms with van der Waals surface area (Å²) >= 11 is 0. The van der Waals surface area contributed by atoms with E-state index in [2.05, 4.69) is 15.2 Å². The fourth-order valence-electron chi connectivity index (χ4n) is 2.36. The zero-order valence-electron chi connectivity index (χ0n) is 11.6. The van der Waals surface area contributed by atoms with Crippen LogP contribution >= 0.6 is 0 Å². The summed E-state index contributed by atoms with van der Waals surface area (Å²) in [6, 6.07) is 0.496. The third kappa shape index (κ3) is 2.65. The Morgan fingerprint density at radius 3 is 2.84 bits per heavy atom. The summed E-state index contributed by atoms with van der Waals surface area (Å²) in [5, 5.41) is 16.4. The van der Waals surface area contributed by atoms with Crippen molar-refractivity contribution in [2.75, 3.05) is 25.2 Å². The van der Waals surface area contributed by atoms with E-state index in [1.54, 1.807) is 11.8 Å². The lowest BCUT2D eigenvalue weighted by atomic mass is 10.2. The summed E-state index contributed by atoms with van der Waals surface area (Å²) in [6.07, 6.45) is 2.31. The summed E-state index contributed by atoms with van der Waals surface area (Å²) in [5.74, 6) is 0.996. The van der Waals surface area contributed by atoms with E-state index in [4.69, 9.17) is 15.7 Å². The van der Waals surface area contributed by atoms with Gasteiger partial charge in [-0.2, -0.15) is 5.10 Å². The summed E-state index contributed by atoms with van der Waals surface area (Å²) in [4.78, 5) is 2.23. The minimum absolute atomic E-state index is 0.101. The standard InChI is InChI=1S/C12H21N5O2/c1-8-10(11(13)15-18)12(16(2)14-8)17(6-7-19-3)9-4-5-9/h9,18H,4-7H2,1-3H3,(H2,13,15). The topological polar surface area (TPSA) is 88.9 Å². The van der Waals surface area contributed by atoms with Crippen LogP contribution in [0.1, 0.15) is 24.1 Å². The molecule has 1 aromatic rings. The molecular formula is C12H21N5O2. The van der Waals surface area contributed by atoms with Crippen molar-refractivity contribution in [1.82, 2.24) is 9.78 Å². The molecule has 0 atom stereocenters. The van der Waals surface area contributed by atoms with Crippen molar-refractivity contribution in [1.29, 1.82) is 0 Å². The molecule has 1 heterocycles. The Balaban J connectivity index is 2.40. The van der Waals surface area contributed by atoms with E-state index in [1.807, 2.05) is 14.0 Å². The number of hydrogen-bond acceptors (Lipinski definition) is 5. The molecule has 1 aromatic heterocycles. The average molecular weight is 267 g/mol. The Kier molecular flexibility index (Phi) is 3.94. The van der Waals surface area contributed by atoms with E-state index in [9.17, 15) is 0 Å². The fourth-order valence-corrected chi connectivity index (χ4v) is 2.36. The number of nitrogens with zero attached hydrogens (tertiary/aromatic N) is 4. The van der Waals surface area contributed by atoms with E-state index in [1.165, 1.54) is 0 Å². The SMILES string of the molecule is COCCN(c1c(C(N)=NO)c(C)nn1C)C1CC1. The first-order chi connectivity index (χ1) is 9.10. The Bertz CT molecular complexity index is 479. The van der Waals surface area contributed by atoms with E-state index in [0.717, 1.165) is 30.9 Å². The van der Waals surface area contributed by atoms with E-state index in [0.29, 0.717) is 18.2 Å². The van der Waals surface area contributed by atoms with Gasteiger partial charge in [0.2, 0.25) is 0 Å². The van der Waals surface area contributed by atoms with Gasteiger partial charge in [0.25, 0.3) is 0 Å². The molecule has 0 amide bonds. The van der Waals surface area contributed by atoms with E-state index in [-0.39, 0.29) is 5.84 Å². The van der Waals surface area contributed by atoms with Crippen molar-refractivity contribution in [2.45, 2.75) is 25.8 Å². The van der Waals surface area contributed by atoms with Gasteiger partial charge in [-0.25, -0.2) is 0 Å². The molecule has 106 valence electrons. The van der Waals surface area contributed by atoms with Gasteiger partial charge in [-0.05, 0) is 19.8 Å². The number of ether oxygens (including phenoxy) is 1. The number of anilines is 1. The number of hydrogen-bond donors (Lipinski definition) is 2. The van der Waals surface area contributed by atoms with Crippen LogP contribution in [0.2, 0.25) is 0 Å². The molecule has 3 N–H and O–H groups in total. The molecule has 0 bridgehead atoms. The van der Waals surface area contributed by atoms with Crippen LogP contribution in [0.3, 0.4) is 0 Å². The van der Waals surface area contributed by atoms with Crippen molar-refractivity contribution in [3.05, 3.63) is 11.3 Å². The smallest absolute Gasteiger partial charge is 0.175 e. The van der Waals surface area contributed by atoms with Gasteiger partial charge in [-0.1, -0.05) is 5.16 Å². The molecule has 1 aliphatic rings. The molecule has 0 saturated heterocycles. The van der Waals surface area contributed by atoms with Gasteiger partial charge >= 0.3 is 0 Å². The maximum absolute atomic E-state index is 8.94. The summed E-state index contributed by atoms with van der Waals surface area (Å²) in [7, 11) is 3.56. The Morgan fingerprint density at radius 1 is 1.63 bits per heavy atom. The highest BCUT2D eigenvalue weighted by atomic mass is 16.5. The minimum atomic E-state index is 0.101. The second kappa shape index (κ2) is 5.48. The molecule has 1 saturated carbocycles. The van der Waals surface area contributed by atoms with E-state index < -0.39 is 0 Å². The van der Waals surface area contributed by atoms with Crippen molar-refractivity contribution in [2.24, 2.45) is 17.9 Å². The number of amidine groups is 1. The second-order valence-corrected chi connectivity index (χ2v) is 4.81. The van der Waals surface area contributed by atoms with Crippen LogP contribution in [-0.2, 0) is 11.8 Å². The largest absolute Gasteiger partial charge is 0.409 e. The van der Waals surface area contributed by atoms with Crippen molar-refractivity contribution in [3.63, 3.8) is 0 Å². The maximum atomic E-state index is 8.94. The highest BCUT2D eigenvalue weighted by Gasteiger charge is 2.33. The minimum Gasteiger partial charge on any atom is -0.409 e. The van der Waals surface area contributed by atoms with Crippen molar-refractivity contribution < 1.29 is 9.94 Å². The monoisotopic (exact) mass is 267 g/mol. The molecule has 7 nitrogen and oxygen atoms in total. The number of rotatable bonds is 6. The van der Waals surface area contributed by atoms with Crippen LogP contribution < -0.4 is 10.6 Å². The van der Waals surface area contributed by atoms with Gasteiger partial charge in [0, 0.05) is 26.7 Å². The zero-order valence-corrected chi connectivity index (χ0v) is 11.6. The quantitative estimate of drug-likeness (QED) is 0.338. The molecule has 2 rings (SSSR count). The van der Waals surface area contributed by atoms with Crippen LogP contribution in [-0.4, -0.2) is 47.1 Å². The van der Waals surface area contributed by atoms with Gasteiger partial charge in [-0.3, -0.25) is 4.68 Å². The fraction of sp³-hybridized carbons (Fsp3) is 0.667. The first kappa shape index (κ1) is 13.7. The molecule has 1 aliphatic carbocycles. The van der Waals surface area contributed by atoms with E-state index >= 15 is 0 Å². The third-order valence-corrected chi connectivity index (χ3v) is 3.35. The Labute approximate surface area is 112 Å². The molecule has 0 aromatic carbocycles. The first-order valence-electron chi connectivity index (χ1n) is 6.37. The lowest BCUT2D eigenvalue weighted by Crippen LogP contribution is -2.33. The molecule has 0 radical (unpaired) electrons. The Hall–Kier alpha value is -1.76. The van der Waals surface area contributed by atoms with Gasteiger partial charge < -0.3 is 20.6 Å². The van der Waals surface area contributed by atoms with Crippen molar-refractivity contribution >= 4 is 11.7 Å². The number of methoxy groups -OCH3 is 1. The molecule has 0 spiro atoms. The maximum Gasteiger partial charge on any atom is 0.175 e. The third-order valence-electron chi connectivity index (χ3n) is 3.35. The molecule has 19 heavy (non-hydrogen) atoms. The Morgan fingerprint density at radius 2 is 2.32 bits per heavy atom.